The predicted molar refractivity (Wildman–Crippen MR) is 47.7 cm³/mol. The van der Waals surface area contributed by atoms with Crippen molar-refractivity contribution in [3.8, 4) is 11.8 Å². The van der Waals surface area contributed by atoms with Crippen LogP contribution in [-0.2, 0) is 11.4 Å². The first kappa shape index (κ1) is 9.43. The summed E-state index contributed by atoms with van der Waals surface area (Å²) in [6, 6.07) is 3.41. The topological polar surface area (TPSA) is 50.2 Å². The molecule has 0 atom stereocenters. The van der Waals surface area contributed by atoms with Crippen LogP contribution < -0.4 is 0 Å². The molecule has 0 aliphatic heterocycles. The van der Waals surface area contributed by atoms with E-state index in [-0.39, 0.29) is 13.0 Å². The zero-order chi connectivity index (χ0) is 9.52. The maximum Gasteiger partial charge on any atom is 0.131 e. The third-order valence-corrected chi connectivity index (χ3v) is 1.41. The first-order valence-electron chi connectivity index (χ1n) is 3.85. The SMILES string of the molecule is O=CCC#Cc1cc(CO)ccn1. The number of aromatic nitrogens is 1. The summed E-state index contributed by atoms with van der Waals surface area (Å²) in [5.74, 6) is 5.36. The Morgan fingerprint density at radius 1 is 1.62 bits per heavy atom. The Bertz CT molecular complexity index is 349. The first-order valence-corrected chi connectivity index (χ1v) is 3.85. The van der Waals surface area contributed by atoms with E-state index in [1.54, 1.807) is 18.3 Å². The molecule has 0 fully saturated rings. The highest BCUT2D eigenvalue weighted by molar-refractivity contribution is 5.54. The second-order valence-electron chi connectivity index (χ2n) is 2.38. The van der Waals surface area contributed by atoms with Crippen LogP contribution in [0.1, 0.15) is 17.7 Å². The molecule has 1 heterocycles. The first-order chi connectivity index (χ1) is 6.36. The van der Waals surface area contributed by atoms with Gasteiger partial charge in [-0.05, 0) is 23.6 Å². The van der Waals surface area contributed by atoms with Gasteiger partial charge in [-0.1, -0.05) is 5.92 Å². The summed E-state index contributed by atoms with van der Waals surface area (Å²) in [5, 5.41) is 8.80. The zero-order valence-corrected chi connectivity index (χ0v) is 7.03. The van der Waals surface area contributed by atoms with Crippen molar-refractivity contribution < 1.29 is 9.90 Å². The van der Waals surface area contributed by atoms with Crippen LogP contribution in [0.5, 0.6) is 0 Å². The fourth-order valence-electron chi connectivity index (χ4n) is 0.824. The van der Waals surface area contributed by atoms with Gasteiger partial charge in [-0.15, -0.1) is 0 Å². The van der Waals surface area contributed by atoms with Gasteiger partial charge in [0.1, 0.15) is 12.0 Å². The van der Waals surface area contributed by atoms with Crippen molar-refractivity contribution in [2.45, 2.75) is 13.0 Å². The lowest BCUT2D eigenvalue weighted by Gasteiger charge is -1.94. The maximum absolute atomic E-state index is 9.96. The van der Waals surface area contributed by atoms with E-state index >= 15 is 0 Å². The molecule has 0 aliphatic rings. The minimum atomic E-state index is -0.0229. The molecular weight excluding hydrogens is 166 g/mol. The highest BCUT2D eigenvalue weighted by Gasteiger charge is 1.91. The number of hydrogen-bond acceptors (Lipinski definition) is 3. The molecule has 0 bridgehead atoms. The molecule has 13 heavy (non-hydrogen) atoms. The minimum Gasteiger partial charge on any atom is -0.392 e. The summed E-state index contributed by atoms with van der Waals surface area (Å²) >= 11 is 0. The number of aldehydes is 1. The molecule has 3 heteroatoms. The van der Waals surface area contributed by atoms with E-state index in [1.165, 1.54) is 0 Å². The summed E-state index contributed by atoms with van der Waals surface area (Å²) < 4.78 is 0. The fourth-order valence-corrected chi connectivity index (χ4v) is 0.824. The number of hydrogen-bond donors (Lipinski definition) is 1. The normalized spacial score (nSPS) is 8.69. The van der Waals surface area contributed by atoms with Gasteiger partial charge in [-0.25, -0.2) is 4.98 Å². The van der Waals surface area contributed by atoms with Gasteiger partial charge in [0.25, 0.3) is 0 Å². The number of aliphatic hydroxyl groups is 1. The van der Waals surface area contributed by atoms with Crippen LogP contribution in [0, 0.1) is 11.8 Å². The molecule has 0 radical (unpaired) electrons. The Morgan fingerprint density at radius 3 is 3.15 bits per heavy atom. The Kier molecular flexibility index (Phi) is 3.68. The number of carbonyl (C=O) groups excluding carboxylic acids is 1. The second kappa shape index (κ2) is 5.07. The van der Waals surface area contributed by atoms with Crippen molar-refractivity contribution in [3.63, 3.8) is 0 Å². The van der Waals surface area contributed by atoms with Crippen LogP contribution in [-0.4, -0.2) is 16.4 Å². The van der Waals surface area contributed by atoms with Crippen LogP contribution in [0.2, 0.25) is 0 Å². The van der Waals surface area contributed by atoms with Gasteiger partial charge >= 0.3 is 0 Å². The van der Waals surface area contributed by atoms with Crippen molar-refractivity contribution >= 4 is 6.29 Å². The molecule has 1 aromatic heterocycles. The lowest BCUT2D eigenvalue weighted by atomic mass is 10.2. The monoisotopic (exact) mass is 175 g/mol. The van der Waals surface area contributed by atoms with E-state index in [4.69, 9.17) is 5.11 Å². The average molecular weight is 175 g/mol. The van der Waals surface area contributed by atoms with Crippen LogP contribution in [0.25, 0.3) is 0 Å². The van der Waals surface area contributed by atoms with Crippen molar-refractivity contribution in [1.29, 1.82) is 0 Å². The highest BCUT2D eigenvalue weighted by atomic mass is 16.3. The third kappa shape index (κ3) is 3.06. The van der Waals surface area contributed by atoms with Crippen molar-refractivity contribution in [2.75, 3.05) is 0 Å². The molecule has 0 spiro atoms. The van der Waals surface area contributed by atoms with E-state index in [9.17, 15) is 4.79 Å². The van der Waals surface area contributed by atoms with Gasteiger partial charge in [0.15, 0.2) is 0 Å². The average Bonchev–Trinajstić information content (AvgIpc) is 2.19. The Morgan fingerprint density at radius 2 is 2.46 bits per heavy atom. The van der Waals surface area contributed by atoms with Gasteiger partial charge in [0.2, 0.25) is 0 Å². The van der Waals surface area contributed by atoms with Crippen molar-refractivity contribution in [1.82, 2.24) is 4.98 Å². The molecule has 1 N–H and O–H groups in total. The Hall–Kier alpha value is -1.66. The molecule has 3 nitrogen and oxygen atoms in total. The van der Waals surface area contributed by atoms with Crippen molar-refractivity contribution in [3.05, 3.63) is 29.6 Å². The highest BCUT2D eigenvalue weighted by Crippen LogP contribution is 1.99. The zero-order valence-electron chi connectivity index (χ0n) is 7.03. The lowest BCUT2D eigenvalue weighted by molar-refractivity contribution is -0.107. The predicted octanol–water partition coefficient (Wildman–Crippen LogP) is 0.514. The second-order valence-corrected chi connectivity index (χ2v) is 2.38. The van der Waals surface area contributed by atoms with Crippen molar-refractivity contribution in [2.24, 2.45) is 0 Å². The molecule has 0 saturated carbocycles. The summed E-state index contributed by atoms with van der Waals surface area (Å²) in [6.07, 6.45) is 2.53. The Balaban J connectivity index is 2.78. The lowest BCUT2D eigenvalue weighted by Crippen LogP contribution is -1.87. The number of nitrogens with zero attached hydrogens (tertiary/aromatic N) is 1. The van der Waals surface area contributed by atoms with Gasteiger partial charge in [-0.2, -0.15) is 0 Å². The summed E-state index contributed by atoms with van der Waals surface area (Å²) in [5.41, 5.74) is 1.35. The minimum absolute atomic E-state index is 0.0229. The van der Waals surface area contributed by atoms with Gasteiger partial charge < -0.3 is 9.90 Å². The van der Waals surface area contributed by atoms with Crippen LogP contribution >= 0.6 is 0 Å². The maximum atomic E-state index is 9.96. The largest absolute Gasteiger partial charge is 0.392 e. The molecule has 66 valence electrons. The standard InChI is InChI=1S/C10H9NO2/c12-6-2-1-3-10-7-9(8-13)4-5-11-10/h4-7,13H,2,8H2. The van der Waals surface area contributed by atoms with E-state index < -0.39 is 0 Å². The fraction of sp³-hybridized carbons (Fsp3) is 0.200. The summed E-state index contributed by atoms with van der Waals surface area (Å²) in [4.78, 5) is 13.9. The number of pyridine rings is 1. The molecule has 0 amide bonds. The Labute approximate surface area is 76.4 Å². The summed E-state index contributed by atoms with van der Waals surface area (Å²) in [6.45, 7) is -0.0229. The molecule has 0 unspecified atom stereocenters. The number of aliphatic hydroxyl groups excluding tert-OH is 1. The third-order valence-electron chi connectivity index (χ3n) is 1.41. The molecule has 1 rings (SSSR count). The molecule has 0 aromatic carbocycles. The van der Waals surface area contributed by atoms with Gasteiger partial charge in [0, 0.05) is 6.20 Å². The quantitative estimate of drug-likeness (QED) is 0.526. The van der Waals surface area contributed by atoms with Crippen LogP contribution in [0.3, 0.4) is 0 Å². The van der Waals surface area contributed by atoms with E-state index in [1.807, 2.05) is 0 Å². The molecule has 0 aliphatic carbocycles. The molecule has 0 saturated heterocycles. The smallest absolute Gasteiger partial charge is 0.131 e. The van der Waals surface area contributed by atoms with E-state index in [0.29, 0.717) is 5.69 Å². The van der Waals surface area contributed by atoms with Crippen LogP contribution in [0.4, 0.5) is 0 Å². The van der Waals surface area contributed by atoms with Crippen LogP contribution in [0.15, 0.2) is 18.3 Å². The summed E-state index contributed by atoms with van der Waals surface area (Å²) in [7, 11) is 0. The molecule has 1 aromatic rings. The van der Waals surface area contributed by atoms with Gasteiger partial charge in [0.05, 0.1) is 13.0 Å². The van der Waals surface area contributed by atoms with E-state index in [0.717, 1.165) is 11.8 Å². The number of carbonyl (C=O) groups is 1. The molecular formula is C10H9NO2. The number of rotatable bonds is 2. The van der Waals surface area contributed by atoms with Gasteiger partial charge in [-0.3, -0.25) is 0 Å². The van der Waals surface area contributed by atoms with E-state index in [2.05, 4.69) is 16.8 Å².